The van der Waals surface area contributed by atoms with Gasteiger partial charge in [0.1, 0.15) is 0 Å². The Morgan fingerprint density at radius 3 is 2.89 bits per heavy atom. The Balaban J connectivity index is 0.00000261. The maximum atomic E-state index is 9.99. The molecule has 2 aromatic rings. The number of nitrogens with one attached hydrogen (secondary N) is 2. The Bertz CT molecular complexity index is 719. The van der Waals surface area contributed by atoms with Crippen LogP contribution in [0.3, 0.4) is 0 Å². The highest BCUT2D eigenvalue weighted by atomic mass is 127. The van der Waals surface area contributed by atoms with Gasteiger partial charge in [-0.2, -0.15) is 5.10 Å². The number of hydrogen-bond donors (Lipinski definition) is 3. The Labute approximate surface area is 178 Å². The Hall–Kier alpha value is -1.61. The monoisotopic (exact) mass is 483 g/mol. The molecule has 0 amide bonds. The first-order valence-corrected chi connectivity index (χ1v) is 9.50. The van der Waals surface area contributed by atoms with Crippen molar-refractivity contribution in [3.8, 4) is 5.69 Å². The van der Waals surface area contributed by atoms with E-state index in [0.29, 0.717) is 6.54 Å². The maximum Gasteiger partial charge on any atom is 0.191 e. The molecule has 0 bridgehead atoms. The molecule has 1 fully saturated rings. The molecule has 27 heavy (non-hydrogen) atoms. The van der Waals surface area contributed by atoms with Gasteiger partial charge >= 0.3 is 0 Å². The number of nitrogens with zero attached hydrogens (tertiary/aromatic N) is 3. The molecular weight excluding hydrogens is 453 g/mol. The first-order chi connectivity index (χ1) is 12.7. The van der Waals surface area contributed by atoms with Gasteiger partial charge in [0.25, 0.3) is 0 Å². The molecule has 3 atom stereocenters. The Morgan fingerprint density at radius 1 is 1.37 bits per heavy atom. The van der Waals surface area contributed by atoms with Crippen LogP contribution in [-0.4, -0.2) is 40.0 Å². The van der Waals surface area contributed by atoms with E-state index in [1.807, 2.05) is 29.1 Å². The zero-order chi connectivity index (χ0) is 18.4. The number of aliphatic hydroxyl groups excluding tert-OH is 1. The van der Waals surface area contributed by atoms with Gasteiger partial charge in [0.2, 0.25) is 0 Å². The van der Waals surface area contributed by atoms with Crippen molar-refractivity contribution in [3.05, 3.63) is 48.3 Å². The van der Waals surface area contributed by atoms with Crippen molar-refractivity contribution >= 4 is 29.9 Å². The van der Waals surface area contributed by atoms with E-state index in [9.17, 15) is 5.11 Å². The molecule has 1 aliphatic rings. The summed E-state index contributed by atoms with van der Waals surface area (Å²) < 4.78 is 1.86. The molecule has 1 aliphatic carbocycles. The summed E-state index contributed by atoms with van der Waals surface area (Å²) in [5.41, 5.74) is 2.21. The van der Waals surface area contributed by atoms with Crippen LogP contribution < -0.4 is 10.6 Å². The summed E-state index contributed by atoms with van der Waals surface area (Å²) in [6.07, 6.45) is 6.58. The number of halogens is 1. The van der Waals surface area contributed by atoms with Gasteiger partial charge in [-0.15, -0.1) is 24.0 Å². The van der Waals surface area contributed by atoms with E-state index >= 15 is 0 Å². The van der Waals surface area contributed by atoms with Gasteiger partial charge < -0.3 is 15.7 Å². The van der Waals surface area contributed by atoms with Crippen LogP contribution in [0.2, 0.25) is 0 Å². The van der Waals surface area contributed by atoms with E-state index in [2.05, 4.69) is 41.7 Å². The SMILES string of the molecule is CCNC(=NCC1CCCC1O)NC(C)c1cccc(-n2cccn2)c1.I. The minimum atomic E-state index is -0.204. The molecule has 0 aliphatic heterocycles. The largest absolute Gasteiger partial charge is 0.393 e. The molecule has 0 saturated heterocycles. The quantitative estimate of drug-likeness (QED) is 0.335. The molecule has 1 aromatic carbocycles. The van der Waals surface area contributed by atoms with Crippen LogP contribution in [0.5, 0.6) is 0 Å². The summed E-state index contributed by atoms with van der Waals surface area (Å²) in [5.74, 6) is 1.08. The lowest BCUT2D eigenvalue weighted by Crippen LogP contribution is -2.39. The van der Waals surface area contributed by atoms with Crippen molar-refractivity contribution in [3.63, 3.8) is 0 Å². The predicted octanol–water partition coefficient (Wildman–Crippen LogP) is 3.27. The first kappa shape index (κ1) is 21.7. The van der Waals surface area contributed by atoms with E-state index in [1.54, 1.807) is 6.20 Å². The van der Waals surface area contributed by atoms with Crippen LogP contribution in [0.4, 0.5) is 0 Å². The average molecular weight is 483 g/mol. The molecule has 6 nitrogen and oxygen atoms in total. The molecule has 3 rings (SSSR count). The lowest BCUT2D eigenvalue weighted by molar-refractivity contribution is 0.136. The molecule has 3 unspecified atom stereocenters. The van der Waals surface area contributed by atoms with Crippen LogP contribution in [0, 0.1) is 5.92 Å². The molecule has 148 valence electrons. The van der Waals surface area contributed by atoms with Crippen molar-refractivity contribution in [2.45, 2.75) is 45.3 Å². The fraction of sp³-hybridized carbons (Fsp3) is 0.500. The van der Waals surface area contributed by atoms with E-state index in [0.717, 1.165) is 37.5 Å². The lowest BCUT2D eigenvalue weighted by atomic mass is 10.1. The Morgan fingerprint density at radius 2 is 2.22 bits per heavy atom. The Kier molecular flexibility index (Phi) is 8.56. The minimum Gasteiger partial charge on any atom is -0.393 e. The number of hydrogen-bond acceptors (Lipinski definition) is 3. The van der Waals surface area contributed by atoms with Gasteiger partial charge in [-0.3, -0.25) is 4.99 Å². The summed E-state index contributed by atoms with van der Waals surface area (Å²) in [6, 6.07) is 10.4. The van der Waals surface area contributed by atoms with Crippen molar-refractivity contribution in [2.24, 2.45) is 10.9 Å². The highest BCUT2D eigenvalue weighted by Crippen LogP contribution is 2.25. The van der Waals surface area contributed by atoms with Gasteiger partial charge in [0.05, 0.1) is 17.8 Å². The van der Waals surface area contributed by atoms with Crippen LogP contribution in [0.15, 0.2) is 47.7 Å². The smallest absolute Gasteiger partial charge is 0.191 e. The lowest BCUT2D eigenvalue weighted by Gasteiger charge is -2.20. The molecule has 7 heteroatoms. The van der Waals surface area contributed by atoms with E-state index in [-0.39, 0.29) is 42.0 Å². The predicted molar refractivity (Wildman–Crippen MR) is 120 cm³/mol. The van der Waals surface area contributed by atoms with Crippen molar-refractivity contribution < 1.29 is 5.11 Å². The highest BCUT2D eigenvalue weighted by Gasteiger charge is 2.24. The van der Waals surface area contributed by atoms with Crippen LogP contribution in [0.1, 0.15) is 44.7 Å². The second-order valence-corrected chi connectivity index (χ2v) is 6.89. The third-order valence-electron chi connectivity index (χ3n) is 4.94. The molecule has 0 spiro atoms. The summed E-state index contributed by atoms with van der Waals surface area (Å²) in [6.45, 7) is 5.65. The van der Waals surface area contributed by atoms with Gasteiger partial charge in [-0.05, 0) is 50.5 Å². The first-order valence-electron chi connectivity index (χ1n) is 9.50. The molecule has 0 radical (unpaired) electrons. The fourth-order valence-electron chi connectivity index (χ4n) is 3.41. The van der Waals surface area contributed by atoms with Crippen LogP contribution in [0.25, 0.3) is 5.69 Å². The highest BCUT2D eigenvalue weighted by molar-refractivity contribution is 14.0. The molecule has 1 saturated carbocycles. The molecule has 3 N–H and O–H groups in total. The topological polar surface area (TPSA) is 74.5 Å². The number of aromatic nitrogens is 2. The third-order valence-corrected chi connectivity index (χ3v) is 4.94. The minimum absolute atomic E-state index is 0. The van der Waals surface area contributed by atoms with Crippen molar-refractivity contribution in [2.75, 3.05) is 13.1 Å². The maximum absolute atomic E-state index is 9.99. The summed E-state index contributed by atoms with van der Waals surface area (Å²) in [5, 5.41) is 21.1. The second kappa shape index (κ2) is 10.7. The van der Waals surface area contributed by atoms with Gasteiger partial charge in [0, 0.05) is 31.4 Å². The van der Waals surface area contributed by atoms with Gasteiger partial charge in [0.15, 0.2) is 5.96 Å². The van der Waals surface area contributed by atoms with E-state index in [1.165, 1.54) is 5.56 Å². The number of guanidine groups is 1. The normalized spacial score (nSPS) is 20.8. The fourth-order valence-corrected chi connectivity index (χ4v) is 3.41. The van der Waals surface area contributed by atoms with Gasteiger partial charge in [-0.25, -0.2) is 4.68 Å². The van der Waals surface area contributed by atoms with Crippen molar-refractivity contribution in [1.29, 1.82) is 0 Å². The van der Waals surface area contributed by atoms with Crippen molar-refractivity contribution in [1.82, 2.24) is 20.4 Å². The zero-order valence-electron chi connectivity index (χ0n) is 16.0. The zero-order valence-corrected chi connectivity index (χ0v) is 18.3. The number of rotatable bonds is 6. The van der Waals surface area contributed by atoms with E-state index in [4.69, 9.17) is 4.99 Å². The number of benzene rings is 1. The summed E-state index contributed by atoms with van der Waals surface area (Å²) in [4.78, 5) is 4.70. The third kappa shape index (κ3) is 5.93. The standard InChI is InChI=1S/C20H29N5O.HI/c1-3-21-20(22-14-17-8-5-10-19(17)26)24-15(2)16-7-4-9-18(13-16)25-12-6-11-23-25;/h4,6-7,9,11-13,15,17,19,26H,3,5,8,10,14H2,1-2H3,(H2,21,22,24);1H. The second-order valence-electron chi connectivity index (χ2n) is 6.89. The number of aliphatic hydroxyl groups is 1. The summed E-state index contributed by atoms with van der Waals surface area (Å²) in [7, 11) is 0. The molecule has 1 heterocycles. The average Bonchev–Trinajstić information content (AvgIpc) is 3.32. The number of aliphatic imine (C=N–C) groups is 1. The summed E-state index contributed by atoms with van der Waals surface area (Å²) >= 11 is 0. The van der Waals surface area contributed by atoms with Gasteiger partial charge in [-0.1, -0.05) is 18.6 Å². The molecule has 1 aromatic heterocycles. The molecular formula is C20H30IN5O. The van der Waals surface area contributed by atoms with E-state index < -0.39 is 0 Å². The van der Waals surface area contributed by atoms with Crippen LogP contribution >= 0.6 is 24.0 Å². The van der Waals surface area contributed by atoms with Crippen LogP contribution in [-0.2, 0) is 0 Å².